The van der Waals surface area contributed by atoms with Gasteiger partial charge in [0.25, 0.3) is 0 Å². The lowest BCUT2D eigenvalue weighted by Crippen LogP contribution is -2.44. The van der Waals surface area contributed by atoms with Crippen LogP contribution < -0.4 is 15.4 Å². The van der Waals surface area contributed by atoms with Crippen LogP contribution in [-0.2, 0) is 25.7 Å². The van der Waals surface area contributed by atoms with Crippen LogP contribution in [0, 0.1) is 6.92 Å². The molecule has 2 fully saturated rings. The second-order valence-electron chi connectivity index (χ2n) is 12.6. The van der Waals surface area contributed by atoms with E-state index in [1.807, 2.05) is 6.79 Å². The molecular weight excluding hydrogens is 594 g/mol. The van der Waals surface area contributed by atoms with Crippen molar-refractivity contribution in [2.75, 3.05) is 54.0 Å². The fourth-order valence-corrected chi connectivity index (χ4v) is 6.34. The smallest absolute Gasteiger partial charge is 0.206 e. The Bertz CT molecular complexity index is 1280. The zero-order chi connectivity index (χ0) is 34.2. The Kier molecular flexibility index (Phi) is 15.9. The number of ether oxygens (including phenoxy) is 2. The monoisotopic (exact) mass is 649 g/mol. The number of aldehydes is 1. The van der Waals surface area contributed by atoms with Crippen LogP contribution in [0.1, 0.15) is 67.2 Å². The summed E-state index contributed by atoms with van der Waals surface area (Å²) >= 11 is 0. The Morgan fingerprint density at radius 1 is 1.15 bits per heavy atom. The van der Waals surface area contributed by atoms with Crippen molar-refractivity contribution < 1.29 is 23.9 Å². The van der Waals surface area contributed by atoms with E-state index in [-0.39, 0.29) is 12.3 Å². The van der Waals surface area contributed by atoms with Gasteiger partial charge in [-0.25, -0.2) is 0 Å². The highest BCUT2D eigenvalue weighted by Gasteiger charge is 2.30. The first-order valence-electron chi connectivity index (χ1n) is 16.7. The molecule has 5 rings (SSSR count). The molecule has 10 heteroatoms. The number of likely N-dealkylation sites (tertiary alicyclic amines) is 1. The quantitative estimate of drug-likeness (QED) is 0.310. The summed E-state index contributed by atoms with van der Waals surface area (Å²) in [6.45, 7) is 11.9. The van der Waals surface area contributed by atoms with Gasteiger partial charge < -0.3 is 34.6 Å². The number of aryl methyl sites for hydroxylation is 1. The fraction of sp³-hybridized carbons (Fsp3) is 0.541. The summed E-state index contributed by atoms with van der Waals surface area (Å²) in [4.78, 5) is 35.1. The predicted octanol–water partition coefficient (Wildman–Crippen LogP) is 4.18. The molecule has 0 spiro atoms. The zero-order valence-corrected chi connectivity index (χ0v) is 29.0. The topological polar surface area (TPSA) is 103 Å². The first-order valence-corrected chi connectivity index (χ1v) is 16.7. The molecule has 0 bridgehead atoms. The molecule has 2 aromatic carbocycles. The number of carbonyl (C=O) groups is 3. The van der Waals surface area contributed by atoms with E-state index in [1.165, 1.54) is 28.0 Å². The van der Waals surface area contributed by atoms with Gasteiger partial charge in [0, 0.05) is 72.2 Å². The van der Waals surface area contributed by atoms with Crippen LogP contribution in [-0.4, -0.2) is 106 Å². The summed E-state index contributed by atoms with van der Waals surface area (Å²) < 4.78 is 12.1. The van der Waals surface area contributed by atoms with Crippen LogP contribution in [0.15, 0.2) is 48.7 Å². The number of rotatable bonds is 13. The molecule has 0 radical (unpaired) electrons. The summed E-state index contributed by atoms with van der Waals surface area (Å²) in [5.41, 5.74) is 6.54. The second-order valence-corrected chi connectivity index (χ2v) is 12.6. The lowest BCUT2D eigenvalue weighted by molar-refractivity contribution is -0.109. The molecular formula is C37H55N5O5. The van der Waals surface area contributed by atoms with E-state index in [2.05, 4.69) is 102 Å². The first-order chi connectivity index (χ1) is 22.8. The van der Waals surface area contributed by atoms with Gasteiger partial charge >= 0.3 is 0 Å². The third kappa shape index (κ3) is 11.2. The van der Waals surface area contributed by atoms with Gasteiger partial charge in [0.1, 0.15) is 31.1 Å². The number of likely N-dealkylation sites (N-methyl/N-ethyl adjacent to an activating group) is 1. The van der Waals surface area contributed by atoms with E-state index in [0.717, 1.165) is 77.1 Å². The van der Waals surface area contributed by atoms with Gasteiger partial charge in [-0.15, -0.1) is 0 Å². The van der Waals surface area contributed by atoms with Gasteiger partial charge in [-0.05, 0) is 92.9 Å². The van der Waals surface area contributed by atoms with E-state index >= 15 is 0 Å². The lowest BCUT2D eigenvalue weighted by atomic mass is 9.90. The van der Waals surface area contributed by atoms with Crippen molar-refractivity contribution in [3.05, 3.63) is 70.9 Å². The van der Waals surface area contributed by atoms with Gasteiger partial charge in [-0.1, -0.05) is 24.3 Å². The van der Waals surface area contributed by atoms with Gasteiger partial charge in [0.05, 0.1) is 5.70 Å². The Balaban J connectivity index is 0.000000930. The van der Waals surface area contributed by atoms with Gasteiger partial charge in [0.2, 0.25) is 6.41 Å². The second kappa shape index (κ2) is 19.8. The lowest BCUT2D eigenvalue weighted by Gasteiger charge is -2.29. The third-order valence-electron chi connectivity index (χ3n) is 9.41. The van der Waals surface area contributed by atoms with Gasteiger partial charge in [0.15, 0.2) is 0 Å². The minimum atomic E-state index is 0.199. The minimum Gasteiger partial charge on any atom is -0.489 e. The van der Waals surface area contributed by atoms with Crippen molar-refractivity contribution in [2.24, 2.45) is 0 Å². The number of benzene rings is 2. The molecule has 1 amide bonds. The summed E-state index contributed by atoms with van der Waals surface area (Å²) in [6, 6.07) is 15.9. The normalized spacial score (nSPS) is 20.2. The van der Waals surface area contributed by atoms with E-state index in [1.54, 1.807) is 7.05 Å². The SMILES string of the molecule is C=O.CNC=O.Cc1ccc(O[C@H]2CCN(CC3NC=C(c4cccc(C5CCOCC5)c4)N3C)C2)cc1CN(C)C(C)CCC=O. The maximum atomic E-state index is 10.8. The number of hydrogen-bond donors (Lipinski definition) is 2. The molecule has 0 aromatic heterocycles. The number of nitrogens with one attached hydrogen (secondary N) is 2. The highest BCUT2D eigenvalue weighted by Crippen LogP contribution is 2.31. The number of carbonyl (C=O) groups excluding carboxylic acids is 3. The highest BCUT2D eigenvalue weighted by molar-refractivity contribution is 5.66. The standard InChI is InChI=1S/C34H48N4O3.C2H5NO.CH2O/c1-25-10-11-31(20-30(25)22-36(3)26(2)7-6-16-39)41-32-12-15-38(23-32)24-34-35-21-33(37(34)4)29-9-5-8-28(19-29)27-13-17-40-18-14-27;1-3-2-4;1-2/h5,8-11,16,19-21,26-27,32,34-35H,6-7,12-15,17-18,22-24H2,1-4H3;2H,1H3,(H,3,4);1H2/t26?,32-,34?;;/m0../s1. The summed E-state index contributed by atoms with van der Waals surface area (Å²) in [6.07, 6.45) is 9.02. The van der Waals surface area contributed by atoms with Crippen LogP contribution in [0.25, 0.3) is 5.70 Å². The molecule has 258 valence electrons. The van der Waals surface area contributed by atoms with E-state index < -0.39 is 0 Å². The van der Waals surface area contributed by atoms with E-state index in [4.69, 9.17) is 19.1 Å². The highest BCUT2D eigenvalue weighted by atomic mass is 16.5. The number of hydrogen-bond acceptors (Lipinski definition) is 9. The molecule has 3 atom stereocenters. The van der Waals surface area contributed by atoms with Crippen LogP contribution in [0.5, 0.6) is 5.75 Å². The van der Waals surface area contributed by atoms with Crippen molar-refractivity contribution in [1.29, 1.82) is 0 Å². The fourth-order valence-electron chi connectivity index (χ4n) is 6.34. The maximum absolute atomic E-state index is 10.8. The van der Waals surface area contributed by atoms with Crippen molar-refractivity contribution in [2.45, 2.75) is 76.7 Å². The molecule has 3 heterocycles. The molecule has 2 saturated heterocycles. The average molecular weight is 650 g/mol. The molecule has 3 aliphatic rings. The van der Waals surface area contributed by atoms with Crippen molar-refractivity contribution >= 4 is 25.2 Å². The maximum Gasteiger partial charge on any atom is 0.206 e. The molecule has 10 nitrogen and oxygen atoms in total. The number of amides is 1. The molecule has 3 aliphatic heterocycles. The average Bonchev–Trinajstić information content (AvgIpc) is 3.71. The first kappa shape index (κ1) is 37.7. The summed E-state index contributed by atoms with van der Waals surface area (Å²) in [5.74, 6) is 1.56. The van der Waals surface area contributed by atoms with Crippen molar-refractivity contribution in [3.63, 3.8) is 0 Å². The predicted molar refractivity (Wildman–Crippen MR) is 187 cm³/mol. The van der Waals surface area contributed by atoms with Crippen LogP contribution >= 0.6 is 0 Å². The van der Waals surface area contributed by atoms with Gasteiger partial charge in [-0.2, -0.15) is 0 Å². The largest absolute Gasteiger partial charge is 0.489 e. The molecule has 2 unspecified atom stereocenters. The Morgan fingerprint density at radius 2 is 1.89 bits per heavy atom. The molecule has 0 saturated carbocycles. The third-order valence-corrected chi connectivity index (χ3v) is 9.41. The Labute approximate surface area is 281 Å². The van der Waals surface area contributed by atoms with Gasteiger partial charge in [-0.3, -0.25) is 14.6 Å². The Hall–Kier alpha value is -3.73. The summed E-state index contributed by atoms with van der Waals surface area (Å²) in [7, 11) is 5.90. The van der Waals surface area contributed by atoms with Crippen molar-refractivity contribution in [3.8, 4) is 5.75 Å². The Morgan fingerprint density at radius 3 is 2.60 bits per heavy atom. The van der Waals surface area contributed by atoms with E-state index in [9.17, 15) is 4.79 Å². The summed E-state index contributed by atoms with van der Waals surface area (Å²) in [5, 5.41) is 5.89. The molecule has 47 heavy (non-hydrogen) atoms. The zero-order valence-electron chi connectivity index (χ0n) is 29.0. The molecule has 2 N–H and O–H groups in total. The van der Waals surface area contributed by atoms with E-state index in [0.29, 0.717) is 24.8 Å². The van der Waals surface area contributed by atoms with Crippen LogP contribution in [0.2, 0.25) is 0 Å². The van der Waals surface area contributed by atoms with Crippen LogP contribution in [0.4, 0.5) is 0 Å². The molecule has 0 aliphatic carbocycles. The molecule has 2 aromatic rings. The minimum absolute atomic E-state index is 0.199. The van der Waals surface area contributed by atoms with Crippen LogP contribution in [0.3, 0.4) is 0 Å². The number of nitrogens with zero attached hydrogens (tertiary/aromatic N) is 3. The van der Waals surface area contributed by atoms with Crippen molar-refractivity contribution in [1.82, 2.24) is 25.3 Å².